The Hall–Kier alpha value is -2.03. The first kappa shape index (κ1) is 14.4. The molecule has 0 aliphatic heterocycles. The predicted molar refractivity (Wildman–Crippen MR) is 83.4 cm³/mol. The molecule has 0 radical (unpaired) electrons. The zero-order chi connectivity index (χ0) is 14.4. The molecular weight excluding hydrogens is 250 g/mol. The van der Waals surface area contributed by atoms with Gasteiger partial charge >= 0.3 is 0 Å². The van der Waals surface area contributed by atoms with Gasteiger partial charge in [0.25, 0.3) is 0 Å². The molecule has 20 heavy (non-hydrogen) atoms. The van der Waals surface area contributed by atoms with Crippen LogP contribution in [0.5, 0.6) is 11.5 Å². The largest absolute Gasteiger partial charge is 0.497 e. The van der Waals surface area contributed by atoms with E-state index in [1.807, 2.05) is 18.2 Å². The molecule has 0 amide bonds. The van der Waals surface area contributed by atoms with Gasteiger partial charge in [-0.3, -0.25) is 4.98 Å². The summed E-state index contributed by atoms with van der Waals surface area (Å²) < 4.78 is 10.7. The summed E-state index contributed by atoms with van der Waals surface area (Å²) in [5, 5.41) is 1.05. The molecule has 2 rings (SSSR count). The number of hydrogen-bond donors (Lipinski definition) is 0. The predicted octanol–water partition coefficient (Wildman–Crippen LogP) is 4.46. The van der Waals surface area contributed by atoms with Gasteiger partial charge in [-0.15, -0.1) is 0 Å². The molecule has 0 aliphatic carbocycles. The van der Waals surface area contributed by atoms with Crippen LogP contribution in [0, 0.1) is 0 Å². The van der Waals surface area contributed by atoms with Crippen molar-refractivity contribution in [2.24, 2.45) is 0 Å². The molecule has 1 heterocycles. The number of benzene rings is 1. The minimum Gasteiger partial charge on any atom is -0.497 e. The molecule has 3 heteroatoms. The van der Waals surface area contributed by atoms with Crippen molar-refractivity contribution >= 4 is 17.0 Å². The second kappa shape index (κ2) is 6.94. The lowest BCUT2D eigenvalue weighted by atomic mass is 10.1. The molecule has 1 aromatic heterocycles. The van der Waals surface area contributed by atoms with Gasteiger partial charge in [-0.2, -0.15) is 0 Å². The Morgan fingerprint density at radius 2 is 2.05 bits per heavy atom. The van der Waals surface area contributed by atoms with Crippen LogP contribution in [-0.2, 0) is 0 Å². The van der Waals surface area contributed by atoms with Gasteiger partial charge in [0.1, 0.15) is 11.5 Å². The number of rotatable bonds is 6. The highest BCUT2D eigenvalue weighted by Gasteiger charge is 2.08. The lowest BCUT2D eigenvalue weighted by Gasteiger charge is -2.09. The maximum Gasteiger partial charge on any atom is 0.144 e. The van der Waals surface area contributed by atoms with E-state index in [0.29, 0.717) is 0 Å². The van der Waals surface area contributed by atoms with Crippen molar-refractivity contribution in [2.75, 3.05) is 14.2 Å². The monoisotopic (exact) mass is 271 g/mol. The molecule has 2 aromatic rings. The Balaban J connectivity index is 2.48. The summed E-state index contributed by atoms with van der Waals surface area (Å²) in [4.78, 5) is 4.42. The Morgan fingerprint density at radius 1 is 1.20 bits per heavy atom. The van der Waals surface area contributed by atoms with E-state index in [1.165, 1.54) is 12.8 Å². The number of hydrogen-bond acceptors (Lipinski definition) is 3. The van der Waals surface area contributed by atoms with E-state index in [0.717, 1.165) is 34.4 Å². The van der Waals surface area contributed by atoms with Crippen molar-refractivity contribution in [1.82, 2.24) is 4.98 Å². The Kier molecular flexibility index (Phi) is 4.99. The first-order valence-electron chi connectivity index (χ1n) is 6.97. The van der Waals surface area contributed by atoms with E-state index in [-0.39, 0.29) is 0 Å². The number of fused-ring (bicyclic) bond motifs is 1. The summed E-state index contributed by atoms with van der Waals surface area (Å²) in [6.45, 7) is 2.20. The molecule has 3 nitrogen and oxygen atoms in total. The van der Waals surface area contributed by atoms with E-state index in [4.69, 9.17) is 9.47 Å². The number of unbranched alkanes of at least 4 members (excludes halogenated alkanes) is 2. The number of ether oxygens (including phenoxy) is 2. The van der Waals surface area contributed by atoms with Gasteiger partial charge in [-0.1, -0.05) is 31.9 Å². The highest BCUT2D eigenvalue weighted by Crippen LogP contribution is 2.30. The van der Waals surface area contributed by atoms with Gasteiger partial charge < -0.3 is 9.47 Å². The molecule has 0 aliphatic rings. The Bertz CT molecular complexity index is 600. The quantitative estimate of drug-likeness (QED) is 0.727. The second-order valence-electron chi connectivity index (χ2n) is 4.67. The standard InChI is InChI=1S/C17H21NO2/c1-4-5-6-7-8-14-15-11-13(19-2)9-10-16(15)18-12-17(14)20-3/h7-12H,4-6H2,1-3H3. The van der Waals surface area contributed by atoms with Crippen LogP contribution in [0.3, 0.4) is 0 Å². The molecule has 1 aromatic carbocycles. The number of pyridine rings is 1. The van der Waals surface area contributed by atoms with Gasteiger partial charge in [-0.25, -0.2) is 0 Å². The average Bonchev–Trinajstić information content (AvgIpc) is 2.50. The molecule has 0 bridgehead atoms. The molecular formula is C17H21NO2. The van der Waals surface area contributed by atoms with E-state index in [1.54, 1.807) is 20.4 Å². The van der Waals surface area contributed by atoms with Crippen molar-refractivity contribution in [3.63, 3.8) is 0 Å². The molecule has 106 valence electrons. The Labute approximate surface area is 120 Å². The Morgan fingerprint density at radius 3 is 2.75 bits per heavy atom. The summed E-state index contributed by atoms with van der Waals surface area (Å²) in [6.07, 6.45) is 9.57. The van der Waals surface area contributed by atoms with E-state index in [2.05, 4.69) is 24.1 Å². The van der Waals surface area contributed by atoms with Crippen LogP contribution in [0.15, 0.2) is 30.5 Å². The van der Waals surface area contributed by atoms with Gasteiger partial charge in [0.2, 0.25) is 0 Å². The first-order valence-corrected chi connectivity index (χ1v) is 6.97. The number of methoxy groups -OCH3 is 2. The van der Waals surface area contributed by atoms with E-state index in [9.17, 15) is 0 Å². The second-order valence-corrected chi connectivity index (χ2v) is 4.67. The van der Waals surface area contributed by atoms with Crippen LogP contribution in [0.25, 0.3) is 17.0 Å². The number of aromatic nitrogens is 1. The fourth-order valence-corrected chi connectivity index (χ4v) is 2.16. The fraction of sp³-hybridized carbons (Fsp3) is 0.353. The van der Waals surface area contributed by atoms with Gasteiger partial charge in [0.15, 0.2) is 0 Å². The zero-order valence-corrected chi connectivity index (χ0v) is 12.3. The highest BCUT2D eigenvalue weighted by molar-refractivity contribution is 5.91. The maximum absolute atomic E-state index is 5.43. The van der Waals surface area contributed by atoms with Gasteiger partial charge in [0.05, 0.1) is 25.9 Å². The SMILES string of the molecule is CCCCC=Cc1c(OC)cnc2ccc(OC)cc12. The lowest BCUT2D eigenvalue weighted by molar-refractivity contribution is 0.412. The molecule has 0 saturated heterocycles. The zero-order valence-electron chi connectivity index (χ0n) is 12.3. The van der Waals surface area contributed by atoms with Crippen LogP contribution < -0.4 is 9.47 Å². The number of allylic oxidation sites excluding steroid dienone is 1. The third-order valence-electron chi connectivity index (χ3n) is 3.31. The van der Waals surface area contributed by atoms with E-state index >= 15 is 0 Å². The third kappa shape index (κ3) is 3.10. The third-order valence-corrected chi connectivity index (χ3v) is 3.31. The average molecular weight is 271 g/mol. The maximum atomic E-state index is 5.43. The van der Waals surface area contributed by atoms with Crippen molar-refractivity contribution < 1.29 is 9.47 Å². The van der Waals surface area contributed by atoms with Gasteiger partial charge in [0, 0.05) is 10.9 Å². The van der Waals surface area contributed by atoms with Crippen LogP contribution in [0.1, 0.15) is 31.7 Å². The smallest absolute Gasteiger partial charge is 0.144 e. The van der Waals surface area contributed by atoms with Crippen molar-refractivity contribution in [3.05, 3.63) is 36.0 Å². The van der Waals surface area contributed by atoms with Crippen molar-refractivity contribution in [1.29, 1.82) is 0 Å². The molecule has 0 atom stereocenters. The van der Waals surface area contributed by atoms with Crippen LogP contribution in [-0.4, -0.2) is 19.2 Å². The molecule has 0 fully saturated rings. The van der Waals surface area contributed by atoms with Gasteiger partial charge in [-0.05, 0) is 24.6 Å². The van der Waals surface area contributed by atoms with Crippen LogP contribution in [0.4, 0.5) is 0 Å². The van der Waals surface area contributed by atoms with E-state index < -0.39 is 0 Å². The summed E-state index contributed by atoms with van der Waals surface area (Å²) in [5.74, 6) is 1.62. The lowest BCUT2D eigenvalue weighted by Crippen LogP contribution is -1.92. The molecule has 0 spiro atoms. The first-order chi connectivity index (χ1) is 9.80. The summed E-state index contributed by atoms with van der Waals surface area (Å²) in [5.41, 5.74) is 2.01. The summed E-state index contributed by atoms with van der Waals surface area (Å²) >= 11 is 0. The summed E-state index contributed by atoms with van der Waals surface area (Å²) in [6, 6.07) is 5.90. The molecule has 0 unspecified atom stereocenters. The summed E-state index contributed by atoms with van der Waals surface area (Å²) in [7, 11) is 3.35. The fourth-order valence-electron chi connectivity index (χ4n) is 2.16. The number of nitrogens with zero attached hydrogens (tertiary/aromatic N) is 1. The molecule has 0 N–H and O–H groups in total. The highest BCUT2D eigenvalue weighted by atomic mass is 16.5. The van der Waals surface area contributed by atoms with Crippen molar-refractivity contribution in [3.8, 4) is 11.5 Å². The minimum absolute atomic E-state index is 0.790. The van der Waals surface area contributed by atoms with Crippen molar-refractivity contribution in [2.45, 2.75) is 26.2 Å². The van der Waals surface area contributed by atoms with Crippen LogP contribution >= 0.6 is 0 Å². The molecule has 0 saturated carbocycles. The topological polar surface area (TPSA) is 31.4 Å². The minimum atomic E-state index is 0.790. The van der Waals surface area contributed by atoms with Crippen LogP contribution in [0.2, 0.25) is 0 Å². The normalized spacial score (nSPS) is 11.2.